The van der Waals surface area contributed by atoms with E-state index >= 15 is 0 Å². The number of benzene rings is 1. The molecule has 0 spiro atoms. The second-order valence-electron chi connectivity index (χ2n) is 6.92. The third-order valence-electron chi connectivity index (χ3n) is 4.89. The van der Waals surface area contributed by atoms with Crippen LogP contribution >= 0.6 is 11.3 Å². The average Bonchev–Trinajstić information content (AvgIpc) is 3.38. The molecular formula is C20H19N3O4S. The SMILES string of the molecule is CN(Cc1cccs1)C(=O)CN1C(=O)NC(C)(c2cc3ccccc3o2)C1=O. The summed E-state index contributed by atoms with van der Waals surface area (Å²) in [6, 6.07) is 12.3. The molecule has 3 heterocycles. The van der Waals surface area contributed by atoms with Crippen molar-refractivity contribution in [1.29, 1.82) is 0 Å². The lowest BCUT2D eigenvalue weighted by molar-refractivity contribution is -0.138. The summed E-state index contributed by atoms with van der Waals surface area (Å²) in [6.07, 6.45) is 0. The van der Waals surface area contributed by atoms with Crippen LogP contribution in [-0.2, 0) is 21.7 Å². The number of amides is 4. The number of rotatable bonds is 5. The Kier molecular flexibility index (Phi) is 4.43. The minimum atomic E-state index is -1.34. The molecule has 0 aliphatic carbocycles. The molecule has 1 aliphatic rings. The Balaban J connectivity index is 1.52. The van der Waals surface area contributed by atoms with Gasteiger partial charge in [-0.25, -0.2) is 4.79 Å². The monoisotopic (exact) mass is 397 g/mol. The summed E-state index contributed by atoms with van der Waals surface area (Å²) >= 11 is 1.55. The minimum Gasteiger partial charge on any atom is -0.458 e. The molecule has 3 aromatic rings. The number of nitrogens with zero attached hydrogens (tertiary/aromatic N) is 2. The molecule has 1 N–H and O–H groups in total. The molecule has 1 unspecified atom stereocenters. The molecule has 1 atom stereocenters. The summed E-state index contributed by atoms with van der Waals surface area (Å²) in [7, 11) is 1.65. The number of para-hydroxylation sites is 1. The van der Waals surface area contributed by atoms with Crippen molar-refractivity contribution in [2.45, 2.75) is 19.0 Å². The first kappa shape index (κ1) is 18.2. The van der Waals surface area contributed by atoms with Gasteiger partial charge in [-0.15, -0.1) is 11.3 Å². The van der Waals surface area contributed by atoms with Crippen LogP contribution in [0.4, 0.5) is 4.79 Å². The van der Waals surface area contributed by atoms with Crippen molar-refractivity contribution in [1.82, 2.24) is 15.1 Å². The van der Waals surface area contributed by atoms with Gasteiger partial charge in [-0.3, -0.25) is 14.5 Å². The van der Waals surface area contributed by atoms with Crippen molar-refractivity contribution < 1.29 is 18.8 Å². The van der Waals surface area contributed by atoms with Gasteiger partial charge in [-0.1, -0.05) is 24.3 Å². The van der Waals surface area contributed by atoms with Gasteiger partial charge in [0.15, 0.2) is 5.54 Å². The highest BCUT2D eigenvalue weighted by Crippen LogP contribution is 2.33. The number of hydrogen-bond acceptors (Lipinski definition) is 5. The summed E-state index contributed by atoms with van der Waals surface area (Å²) in [4.78, 5) is 41.5. The molecular weight excluding hydrogens is 378 g/mol. The van der Waals surface area contributed by atoms with E-state index in [1.807, 2.05) is 35.7 Å². The van der Waals surface area contributed by atoms with Crippen molar-refractivity contribution in [3.63, 3.8) is 0 Å². The Morgan fingerprint density at radius 2 is 2.04 bits per heavy atom. The van der Waals surface area contributed by atoms with Gasteiger partial charge in [0.1, 0.15) is 17.9 Å². The van der Waals surface area contributed by atoms with Gasteiger partial charge in [0, 0.05) is 17.3 Å². The Hall–Kier alpha value is -3.13. The van der Waals surface area contributed by atoms with Crippen molar-refractivity contribution in [3.05, 3.63) is 58.5 Å². The second kappa shape index (κ2) is 6.79. The Morgan fingerprint density at radius 1 is 1.25 bits per heavy atom. The van der Waals surface area contributed by atoms with Crippen LogP contribution in [0.3, 0.4) is 0 Å². The highest BCUT2D eigenvalue weighted by molar-refractivity contribution is 7.09. The zero-order valence-corrected chi connectivity index (χ0v) is 16.3. The zero-order valence-electron chi connectivity index (χ0n) is 15.5. The molecule has 0 radical (unpaired) electrons. The molecule has 0 bridgehead atoms. The minimum absolute atomic E-state index is 0.314. The summed E-state index contributed by atoms with van der Waals surface area (Å²) in [5, 5.41) is 5.45. The molecule has 1 aliphatic heterocycles. The van der Waals surface area contributed by atoms with Gasteiger partial charge in [0.2, 0.25) is 5.91 Å². The van der Waals surface area contributed by atoms with Gasteiger partial charge in [-0.05, 0) is 30.5 Å². The number of furan rings is 1. The number of imide groups is 1. The fourth-order valence-electron chi connectivity index (χ4n) is 3.22. The molecule has 1 fully saturated rings. The Labute approximate surface area is 165 Å². The van der Waals surface area contributed by atoms with E-state index in [1.54, 1.807) is 37.4 Å². The van der Waals surface area contributed by atoms with E-state index in [2.05, 4.69) is 5.32 Å². The lowest BCUT2D eigenvalue weighted by Crippen LogP contribution is -2.43. The number of hydrogen-bond donors (Lipinski definition) is 1. The normalized spacial score (nSPS) is 19.3. The van der Waals surface area contributed by atoms with Gasteiger partial charge < -0.3 is 14.6 Å². The predicted molar refractivity (Wildman–Crippen MR) is 105 cm³/mol. The van der Waals surface area contributed by atoms with Gasteiger partial charge in [0.25, 0.3) is 5.91 Å². The fraction of sp³-hybridized carbons (Fsp3) is 0.250. The number of thiophene rings is 1. The maximum atomic E-state index is 13.0. The third kappa shape index (κ3) is 3.05. The smallest absolute Gasteiger partial charge is 0.325 e. The van der Waals surface area contributed by atoms with E-state index in [1.165, 1.54) is 4.90 Å². The van der Waals surface area contributed by atoms with E-state index in [9.17, 15) is 14.4 Å². The zero-order chi connectivity index (χ0) is 19.9. The first-order valence-electron chi connectivity index (χ1n) is 8.78. The van der Waals surface area contributed by atoms with Crippen LogP contribution in [0.5, 0.6) is 0 Å². The largest absolute Gasteiger partial charge is 0.458 e. The number of carbonyl (C=O) groups excluding carboxylic acids is 3. The van der Waals surface area contributed by atoms with Crippen LogP contribution < -0.4 is 5.32 Å². The molecule has 28 heavy (non-hydrogen) atoms. The van der Waals surface area contributed by atoms with Gasteiger partial charge in [-0.2, -0.15) is 0 Å². The van der Waals surface area contributed by atoms with Crippen LogP contribution in [0.25, 0.3) is 11.0 Å². The van der Waals surface area contributed by atoms with Crippen molar-refractivity contribution >= 4 is 40.2 Å². The van der Waals surface area contributed by atoms with Gasteiger partial charge >= 0.3 is 6.03 Å². The Bertz CT molecular complexity index is 1030. The number of likely N-dealkylation sites (N-methyl/N-ethyl adjacent to an activating group) is 1. The molecule has 8 heteroatoms. The molecule has 4 amide bonds. The molecule has 7 nitrogen and oxygen atoms in total. The van der Waals surface area contributed by atoms with Crippen molar-refractivity contribution in [2.75, 3.05) is 13.6 Å². The summed E-state index contributed by atoms with van der Waals surface area (Å²) < 4.78 is 5.79. The number of nitrogens with one attached hydrogen (secondary N) is 1. The summed E-state index contributed by atoms with van der Waals surface area (Å²) in [6.45, 7) is 1.70. The first-order valence-corrected chi connectivity index (χ1v) is 9.66. The predicted octanol–water partition coefficient (Wildman–Crippen LogP) is 2.92. The average molecular weight is 397 g/mol. The number of carbonyl (C=O) groups is 3. The molecule has 1 saturated heterocycles. The lowest BCUT2D eigenvalue weighted by Gasteiger charge is -2.21. The summed E-state index contributed by atoms with van der Waals surface area (Å²) in [5.41, 5.74) is -0.714. The standard InChI is InChI=1S/C20H19N3O4S/c1-20(16-10-13-6-3-4-8-15(13)27-16)18(25)23(19(26)21-20)12-17(24)22(2)11-14-7-5-9-28-14/h3-10H,11-12H2,1-2H3,(H,21,26). The highest BCUT2D eigenvalue weighted by atomic mass is 32.1. The lowest BCUT2D eigenvalue weighted by atomic mass is 9.99. The van der Waals surface area contributed by atoms with Crippen LogP contribution in [0.1, 0.15) is 17.6 Å². The highest BCUT2D eigenvalue weighted by Gasteiger charge is 2.51. The topological polar surface area (TPSA) is 82.9 Å². The second-order valence-corrected chi connectivity index (χ2v) is 7.96. The maximum Gasteiger partial charge on any atom is 0.325 e. The Morgan fingerprint density at radius 3 is 2.75 bits per heavy atom. The van der Waals surface area contributed by atoms with Crippen molar-refractivity contribution in [2.24, 2.45) is 0 Å². The first-order chi connectivity index (χ1) is 13.4. The van der Waals surface area contributed by atoms with Crippen LogP contribution in [0.2, 0.25) is 0 Å². The quantitative estimate of drug-likeness (QED) is 0.671. The molecule has 0 saturated carbocycles. The van der Waals surface area contributed by atoms with Crippen LogP contribution in [-0.4, -0.2) is 41.2 Å². The molecule has 2 aromatic heterocycles. The number of fused-ring (bicyclic) bond motifs is 1. The fourth-order valence-corrected chi connectivity index (χ4v) is 3.97. The molecule has 144 valence electrons. The van der Waals surface area contributed by atoms with Crippen molar-refractivity contribution in [3.8, 4) is 0 Å². The maximum absolute atomic E-state index is 13.0. The molecule has 1 aromatic carbocycles. The third-order valence-corrected chi connectivity index (χ3v) is 5.75. The van der Waals surface area contributed by atoms with E-state index in [4.69, 9.17) is 4.42 Å². The molecule has 4 rings (SSSR count). The summed E-state index contributed by atoms with van der Waals surface area (Å²) in [5.74, 6) is -0.478. The van der Waals surface area contributed by atoms with Gasteiger partial charge in [0.05, 0.1) is 6.54 Å². The van der Waals surface area contributed by atoms with E-state index in [0.29, 0.717) is 17.9 Å². The number of urea groups is 1. The van der Waals surface area contributed by atoms with E-state index in [0.717, 1.165) is 15.2 Å². The van der Waals surface area contributed by atoms with Crippen LogP contribution in [0, 0.1) is 0 Å². The van der Waals surface area contributed by atoms with Crippen LogP contribution in [0.15, 0.2) is 52.3 Å². The van der Waals surface area contributed by atoms with E-state index in [-0.39, 0.29) is 12.5 Å². The van der Waals surface area contributed by atoms with E-state index < -0.39 is 17.5 Å².